The number of nitrogens with zero attached hydrogens (tertiary/aromatic N) is 4. The quantitative estimate of drug-likeness (QED) is 0.743. The first-order chi connectivity index (χ1) is 11.8. The Hall–Kier alpha value is -2.42. The topological polar surface area (TPSA) is 53.9 Å². The molecule has 3 aromatic rings. The molecule has 0 aliphatic heterocycles. The third kappa shape index (κ3) is 4.16. The van der Waals surface area contributed by atoms with E-state index in [1.807, 2.05) is 24.3 Å². The molecule has 5 nitrogen and oxygen atoms in total. The molecular weight excluding hydrogens is 351 g/mol. The van der Waals surface area contributed by atoms with Crippen molar-refractivity contribution in [3.8, 4) is 0 Å². The SMILES string of the molecule is CN(C)c1cc(C(F)(F)F)nc(NCCc2nc3ccccc3s2)n1. The van der Waals surface area contributed by atoms with Gasteiger partial charge in [-0.1, -0.05) is 12.1 Å². The molecule has 0 amide bonds. The van der Waals surface area contributed by atoms with Gasteiger partial charge in [0.15, 0.2) is 5.69 Å². The summed E-state index contributed by atoms with van der Waals surface area (Å²) < 4.78 is 40.0. The van der Waals surface area contributed by atoms with Crippen LogP contribution < -0.4 is 10.2 Å². The predicted molar refractivity (Wildman–Crippen MR) is 93.2 cm³/mol. The molecule has 0 fully saturated rings. The summed E-state index contributed by atoms with van der Waals surface area (Å²) in [6.45, 7) is 0.397. The molecule has 0 radical (unpaired) electrons. The van der Waals surface area contributed by atoms with Gasteiger partial charge in [-0.3, -0.25) is 0 Å². The molecule has 0 bridgehead atoms. The summed E-state index contributed by atoms with van der Waals surface area (Å²) in [7, 11) is 3.26. The average molecular weight is 367 g/mol. The van der Waals surface area contributed by atoms with Crippen molar-refractivity contribution in [3.05, 3.63) is 41.0 Å². The molecule has 3 rings (SSSR count). The highest BCUT2D eigenvalue weighted by atomic mass is 32.1. The molecule has 0 saturated heterocycles. The third-order valence-corrected chi connectivity index (χ3v) is 4.52. The van der Waals surface area contributed by atoms with E-state index in [9.17, 15) is 13.2 Å². The lowest BCUT2D eigenvalue weighted by Crippen LogP contribution is -2.18. The molecule has 2 aromatic heterocycles. The van der Waals surface area contributed by atoms with E-state index in [2.05, 4.69) is 20.3 Å². The van der Waals surface area contributed by atoms with Gasteiger partial charge in [0, 0.05) is 33.1 Å². The summed E-state index contributed by atoms with van der Waals surface area (Å²) in [5.74, 6) is 0.157. The minimum Gasteiger partial charge on any atom is -0.363 e. The number of para-hydroxylation sites is 1. The summed E-state index contributed by atoms with van der Waals surface area (Å²) in [6, 6.07) is 8.72. The maximum absolute atomic E-state index is 13.0. The number of benzene rings is 1. The van der Waals surface area contributed by atoms with Gasteiger partial charge in [-0.2, -0.15) is 18.2 Å². The Bertz CT molecular complexity index is 843. The molecule has 25 heavy (non-hydrogen) atoms. The van der Waals surface area contributed by atoms with E-state index in [0.29, 0.717) is 13.0 Å². The largest absolute Gasteiger partial charge is 0.433 e. The molecule has 2 heterocycles. The second-order valence-corrected chi connectivity index (χ2v) is 6.69. The minimum atomic E-state index is -4.52. The van der Waals surface area contributed by atoms with E-state index in [0.717, 1.165) is 21.3 Å². The van der Waals surface area contributed by atoms with E-state index in [1.54, 1.807) is 25.4 Å². The van der Waals surface area contributed by atoms with Gasteiger partial charge < -0.3 is 10.2 Å². The fraction of sp³-hybridized carbons (Fsp3) is 0.312. The Labute approximate surface area is 146 Å². The van der Waals surface area contributed by atoms with Crippen LogP contribution in [0.3, 0.4) is 0 Å². The van der Waals surface area contributed by atoms with Crippen molar-refractivity contribution in [2.24, 2.45) is 0 Å². The lowest BCUT2D eigenvalue weighted by Gasteiger charge is -2.15. The van der Waals surface area contributed by atoms with Crippen LogP contribution in [0, 0.1) is 0 Å². The molecule has 0 atom stereocenters. The third-order valence-electron chi connectivity index (χ3n) is 3.42. The zero-order chi connectivity index (χ0) is 18.0. The lowest BCUT2D eigenvalue weighted by molar-refractivity contribution is -0.141. The number of halogens is 3. The van der Waals surface area contributed by atoms with Gasteiger partial charge in [0.05, 0.1) is 15.2 Å². The molecule has 0 saturated carbocycles. The van der Waals surface area contributed by atoms with Crippen LogP contribution >= 0.6 is 11.3 Å². The molecule has 1 N–H and O–H groups in total. The van der Waals surface area contributed by atoms with Crippen LogP contribution in [0.2, 0.25) is 0 Å². The van der Waals surface area contributed by atoms with Crippen molar-refractivity contribution in [1.82, 2.24) is 15.0 Å². The smallest absolute Gasteiger partial charge is 0.363 e. The molecular formula is C16H16F3N5S. The van der Waals surface area contributed by atoms with Crippen molar-refractivity contribution >= 4 is 33.3 Å². The van der Waals surface area contributed by atoms with Gasteiger partial charge >= 0.3 is 6.18 Å². The highest BCUT2D eigenvalue weighted by Gasteiger charge is 2.34. The van der Waals surface area contributed by atoms with E-state index in [4.69, 9.17) is 0 Å². The number of hydrogen-bond donors (Lipinski definition) is 1. The van der Waals surface area contributed by atoms with E-state index < -0.39 is 11.9 Å². The second-order valence-electron chi connectivity index (χ2n) is 5.58. The van der Waals surface area contributed by atoms with E-state index in [1.165, 1.54) is 4.90 Å². The standard InChI is InChI=1S/C16H16F3N5S/c1-24(2)13-9-12(16(17,18)19)22-15(23-13)20-8-7-14-21-10-5-3-4-6-11(10)25-14/h3-6,9H,7-8H2,1-2H3,(H,20,22,23). The minimum absolute atomic E-state index is 0.0420. The Morgan fingerprint density at radius 3 is 2.56 bits per heavy atom. The van der Waals surface area contributed by atoms with Crippen molar-refractivity contribution < 1.29 is 13.2 Å². The number of nitrogens with one attached hydrogen (secondary N) is 1. The fourth-order valence-corrected chi connectivity index (χ4v) is 3.16. The number of fused-ring (bicyclic) bond motifs is 1. The van der Waals surface area contributed by atoms with E-state index in [-0.39, 0.29) is 11.8 Å². The lowest BCUT2D eigenvalue weighted by atomic mass is 10.3. The average Bonchev–Trinajstić information content (AvgIpc) is 2.96. The molecule has 0 aliphatic rings. The highest BCUT2D eigenvalue weighted by Crippen LogP contribution is 2.30. The first kappa shape index (κ1) is 17.4. The summed E-state index contributed by atoms with van der Waals surface area (Å²) in [6.07, 6.45) is -3.94. The normalized spacial score (nSPS) is 11.7. The maximum atomic E-state index is 13.0. The highest BCUT2D eigenvalue weighted by molar-refractivity contribution is 7.18. The number of thiazole rings is 1. The van der Waals surface area contributed by atoms with Gasteiger partial charge in [0.1, 0.15) is 5.82 Å². The van der Waals surface area contributed by atoms with Crippen LogP contribution in [-0.2, 0) is 12.6 Å². The first-order valence-corrected chi connectivity index (χ1v) is 8.36. The number of aromatic nitrogens is 3. The van der Waals surface area contributed by atoms with Crippen LogP contribution in [-0.4, -0.2) is 35.6 Å². The molecule has 0 unspecified atom stereocenters. The Balaban J connectivity index is 1.72. The Morgan fingerprint density at radius 2 is 1.88 bits per heavy atom. The predicted octanol–water partition coefficient (Wildman–Crippen LogP) is 3.83. The van der Waals surface area contributed by atoms with Crippen LogP contribution in [0.5, 0.6) is 0 Å². The Morgan fingerprint density at radius 1 is 1.12 bits per heavy atom. The van der Waals surface area contributed by atoms with Crippen LogP contribution in [0.25, 0.3) is 10.2 Å². The molecule has 0 spiro atoms. The summed E-state index contributed by atoms with van der Waals surface area (Å²) in [4.78, 5) is 13.7. The zero-order valence-corrected chi connectivity index (χ0v) is 14.4. The fourth-order valence-electron chi connectivity index (χ4n) is 2.20. The molecule has 9 heteroatoms. The second kappa shape index (κ2) is 6.83. The Kier molecular flexibility index (Phi) is 4.76. The monoisotopic (exact) mass is 367 g/mol. The van der Waals surface area contributed by atoms with Crippen LogP contribution in [0.15, 0.2) is 30.3 Å². The molecule has 1 aromatic carbocycles. The van der Waals surface area contributed by atoms with Gasteiger partial charge in [-0.15, -0.1) is 11.3 Å². The molecule has 0 aliphatic carbocycles. The van der Waals surface area contributed by atoms with Gasteiger partial charge in [-0.05, 0) is 12.1 Å². The number of rotatable bonds is 5. The van der Waals surface area contributed by atoms with Crippen LogP contribution in [0.4, 0.5) is 24.9 Å². The van der Waals surface area contributed by atoms with E-state index >= 15 is 0 Å². The summed E-state index contributed by atoms with van der Waals surface area (Å²) in [5, 5.41) is 3.77. The number of anilines is 2. The van der Waals surface area contributed by atoms with Crippen molar-refractivity contribution in [2.45, 2.75) is 12.6 Å². The molecule has 132 valence electrons. The van der Waals surface area contributed by atoms with Crippen molar-refractivity contribution in [3.63, 3.8) is 0 Å². The van der Waals surface area contributed by atoms with Gasteiger partial charge in [-0.25, -0.2) is 9.97 Å². The van der Waals surface area contributed by atoms with Gasteiger partial charge in [0.25, 0.3) is 0 Å². The van der Waals surface area contributed by atoms with Crippen molar-refractivity contribution in [2.75, 3.05) is 30.9 Å². The maximum Gasteiger partial charge on any atom is 0.433 e. The van der Waals surface area contributed by atoms with Gasteiger partial charge in [0.2, 0.25) is 5.95 Å². The first-order valence-electron chi connectivity index (χ1n) is 7.55. The number of alkyl halides is 3. The number of hydrogen-bond acceptors (Lipinski definition) is 6. The zero-order valence-electron chi connectivity index (χ0n) is 13.6. The van der Waals surface area contributed by atoms with Crippen LogP contribution in [0.1, 0.15) is 10.7 Å². The summed E-state index contributed by atoms with van der Waals surface area (Å²) >= 11 is 1.57. The van der Waals surface area contributed by atoms with Crippen molar-refractivity contribution in [1.29, 1.82) is 0 Å². The summed E-state index contributed by atoms with van der Waals surface area (Å²) in [5.41, 5.74) is -0.0404.